The second-order valence-electron chi connectivity index (χ2n) is 6.87. The van der Waals surface area contributed by atoms with Crippen molar-refractivity contribution in [1.82, 2.24) is 4.90 Å². The van der Waals surface area contributed by atoms with Gasteiger partial charge in [0.2, 0.25) is 0 Å². The summed E-state index contributed by atoms with van der Waals surface area (Å²) in [7, 11) is 2.24. The first-order valence-corrected chi connectivity index (χ1v) is 6.81. The van der Waals surface area contributed by atoms with Gasteiger partial charge < -0.3 is 10.6 Å². The van der Waals surface area contributed by atoms with E-state index in [2.05, 4.69) is 32.7 Å². The van der Waals surface area contributed by atoms with E-state index < -0.39 is 0 Å². The van der Waals surface area contributed by atoms with Crippen molar-refractivity contribution >= 4 is 0 Å². The zero-order valence-corrected chi connectivity index (χ0v) is 11.6. The van der Waals surface area contributed by atoms with Crippen LogP contribution in [0.25, 0.3) is 0 Å². The summed E-state index contributed by atoms with van der Waals surface area (Å²) >= 11 is 0. The summed E-state index contributed by atoms with van der Waals surface area (Å²) in [6, 6.07) is 0.365. The lowest BCUT2D eigenvalue weighted by molar-refractivity contribution is 0.197. The van der Waals surface area contributed by atoms with Gasteiger partial charge in [-0.15, -0.1) is 0 Å². The molecule has 0 heterocycles. The molecule has 1 atom stereocenters. The van der Waals surface area contributed by atoms with E-state index in [9.17, 15) is 0 Å². The minimum absolute atomic E-state index is 0.365. The van der Waals surface area contributed by atoms with Gasteiger partial charge in [0.1, 0.15) is 0 Å². The average molecular weight is 226 g/mol. The Bertz CT molecular complexity index is 191. The third-order valence-electron chi connectivity index (χ3n) is 3.55. The molecule has 2 nitrogen and oxygen atoms in total. The Morgan fingerprint density at radius 3 is 2.38 bits per heavy atom. The van der Waals surface area contributed by atoms with E-state index in [1.54, 1.807) is 0 Å². The Labute approximate surface area is 102 Å². The Kier molecular flexibility index (Phi) is 5.26. The van der Waals surface area contributed by atoms with Crippen molar-refractivity contribution in [2.24, 2.45) is 17.1 Å². The van der Waals surface area contributed by atoms with Crippen LogP contribution in [-0.2, 0) is 0 Å². The summed E-state index contributed by atoms with van der Waals surface area (Å²) in [4.78, 5) is 2.46. The molecule has 0 saturated heterocycles. The van der Waals surface area contributed by atoms with Gasteiger partial charge in [0.15, 0.2) is 0 Å². The van der Waals surface area contributed by atoms with Gasteiger partial charge in [-0.3, -0.25) is 0 Å². The van der Waals surface area contributed by atoms with Crippen molar-refractivity contribution in [2.75, 3.05) is 20.1 Å². The standard InChI is InChI=1S/C14H30N2/c1-14(2,3)10-13(15)8-9-16(4)11-12-6-5-7-12/h12-13H,5-11,15H2,1-4H3. The van der Waals surface area contributed by atoms with E-state index in [0.717, 1.165) is 25.3 Å². The zero-order chi connectivity index (χ0) is 12.2. The van der Waals surface area contributed by atoms with Crippen LogP contribution in [0.5, 0.6) is 0 Å². The molecule has 0 bridgehead atoms. The molecule has 16 heavy (non-hydrogen) atoms. The lowest BCUT2D eigenvalue weighted by Crippen LogP contribution is -2.34. The van der Waals surface area contributed by atoms with Gasteiger partial charge in [-0.1, -0.05) is 27.2 Å². The third-order valence-corrected chi connectivity index (χ3v) is 3.55. The molecule has 0 aliphatic heterocycles. The molecule has 0 amide bonds. The predicted octanol–water partition coefficient (Wildman–Crippen LogP) is 2.87. The molecule has 2 N–H and O–H groups in total. The number of hydrogen-bond acceptors (Lipinski definition) is 2. The molecule has 1 unspecified atom stereocenters. The fourth-order valence-electron chi connectivity index (χ4n) is 2.48. The summed E-state index contributed by atoms with van der Waals surface area (Å²) in [5, 5.41) is 0. The fourth-order valence-corrected chi connectivity index (χ4v) is 2.48. The minimum Gasteiger partial charge on any atom is -0.328 e. The minimum atomic E-state index is 0.365. The highest BCUT2D eigenvalue weighted by atomic mass is 15.1. The van der Waals surface area contributed by atoms with Crippen molar-refractivity contribution in [3.05, 3.63) is 0 Å². The first kappa shape index (κ1) is 14.0. The Morgan fingerprint density at radius 1 is 1.31 bits per heavy atom. The molecule has 1 aliphatic rings. The number of nitrogens with zero attached hydrogens (tertiary/aromatic N) is 1. The highest BCUT2D eigenvalue weighted by Crippen LogP contribution is 2.27. The molecule has 1 aliphatic carbocycles. The first-order chi connectivity index (χ1) is 7.37. The summed E-state index contributed by atoms with van der Waals surface area (Å²) in [6.07, 6.45) is 6.60. The van der Waals surface area contributed by atoms with Gasteiger partial charge in [0.25, 0.3) is 0 Å². The van der Waals surface area contributed by atoms with Crippen LogP contribution in [0, 0.1) is 11.3 Å². The van der Waals surface area contributed by atoms with Gasteiger partial charge >= 0.3 is 0 Å². The monoisotopic (exact) mass is 226 g/mol. The van der Waals surface area contributed by atoms with Crippen molar-refractivity contribution in [2.45, 2.75) is 58.9 Å². The average Bonchev–Trinajstić information content (AvgIpc) is 2.05. The van der Waals surface area contributed by atoms with Gasteiger partial charge in [-0.2, -0.15) is 0 Å². The van der Waals surface area contributed by atoms with E-state index in [0.29, 0.717) is 11.5 Å². The van der Waals surface area contributed by atoms with E-state index in [-0.39, 0.29) is 0 Å². The van der Waals surface area contributed by atoms with Gasteiger partial charge in [-0.25, -0.2) is 0 Å². The van der Waals surface area contributed by atoms with Crippen LogP contribution in [0.4, 0.5) is 0 Å². The SMILES string of the molecule is CN(CCC(N)CC(C)(C)C)CC1CCC1. The topological polar surface area (TPSA) is 29.3 Å². The van der Waals surface area contributed by atoms with Crippen LogP contribution < -0.4 is 5.73 Å². The smallest absolute Gasteiger partial charge is 0.00559 e. The predicted molar refractivity (Wildman–Crippen MR) is 71.5 cm³/mol. The lowest BCUT2D eigenvalue weighted by atomic mass is 9.85. The molecule has 1 saturated carbocycles. The van der Waals surface area contributed by atoms with E-state index in [1.165, 1.54) is 25.8 Å². The first-order valence-electron chi connectivity index (χ1n) is 6.81. The molecule has 2 heteroatoms. The second kappa shape index (κ2) is 6.02. The highest BCUT2D eigenvalue weighted by molar-refractivity contribution is 4.75. The Balaban J connectivity index is 2.08. The molecule has 0 aromatic heterocycles. The highest BCUT2D eigenvalue weighted by Gasteiger charge is 2.20. The number of nitrogens with two attached hydrogens (primary N) is 1. The summed E-state index contributed by atoms with van der Waals surface area (Å²) < 4.78 is 0. The molecule has 0 spiro atoms. The number of hydrogen-bond donors (Lipinski definition) is 1. The van der Waals surface area contributed by atoms with Crippen LogP contribution >= 0.6 is 0 Å². The summed E-state index contributed by atoms with van der Waals surface area (Å²) in [6.45, 7) is 9.25. The Hall–Kier alpha value is -0.0800. The maximum absolute atomic E-state index is 6.16. The Morgan fingerprint density at radius 2 is 1.94 bits per heavy atom. The van der Waals surface area contributed by atoms with Gasteiger partial charge in [0.05, 0.1) is 0 Å². The van der Waals surface area contributed by atoms with E-state index >= 15 is 0 Å². The maximum atomic E-state index is 6.16. The maximum Gasteiger partial charge on any atom is 0.00559 e. The molecular formula is C14H30N2. The van der Waals surface area contributed by atoms with Crippen LogP contribution in [0.3, 0.4) is 0 Å². The molecule has 1 fully saturated rings. The van der Waals surface area contributed by atoms with Crippen LogP contribution in [0.15, 0.2) is 0 Å². The molecular weight excluding hydrogens is 196 g/mol. The van der Waals surface area contributed by atoms with Crippen molar-refractivity contribution in [3.63, 3.8) is 0 Å². The van der Waals surface area contributed by atoms with Crippen LogP contribution in [-0.4, -0.2) is 31.1 Å². The molecule has 0 radical (unpaired) electrons. The second-order valence-corrected chi connectivity index (χ2v) is 6.87. The van der Waals surface area contributed by atoms with E-state index in [1.807, 2.05) is 0 Å². The molecule has 0 aromatic rings. The normalized spacial score (nSPS) is 19.9. The number of rotatable bonds is 6. The van der Waals surface area contributed by atoms with Crippen molar-refractivity contribution < 1.29 is 0 Å². The zero-order valence-electron chi connectivity index (χ0n) is 11.6. The van der Waals surface area contributed by atoms with Crippen LogP contribution in [0.2, 0.25) is 0 Å². The molecule has 0 aromatic carbocycles. The summed E-state index contributed by atoms with van der Waals surface area (Å²) in [5.74, 6) is 0.976. The van der Waals surface area contributed by atoms with Crippen molar-refractivity contribution in [3.8, 4) is 0 Å². The van der Waals surface area contributed by atoms with Gasteiger partial charge in [-0.05, 0) is 50.6 Å². The lowest BCUT2D eigenvalue weighted by Gasteiger charge is -2.31. The molecule has 1 rings (SSSR count). The van der Waals surface area contributed by atoms with Crippen molar-refractivity contribution in [1.29, 1.82) is 0 Å². The summed E-state index contributed by atoms with van der Waals surface area (Å²) in [5.41, 5.74) is 6.53. The molecule has 96 valence electrons. The van der Waals surface area contributed by atoms with Gasteiger partial charge in [0, 0.05) is 12.6 Å². The van der Waals surface area contributed by atoms with Crippen LogP contribution in [0.1, 0.15) is 52.9 Å². The third kappa shape index (κ3) is 5.86. The van der Waals surface area contributed by atoms with E-state index in [4.69, 9.17) is 5.73 Å². The quantitative estimate of drug-likeness (QED) is 0.754. The fraction of sp³-hybridized carbons (Fsp3) is 1.00. The largest absolute Gasteiger partial charge is 0.328 e.